The van der Waals surface area contributed by atoms with Crippen LogP contribution in [0.25, 0.3) is 0 Å². The summed E-state index contributed by atoms with van der Waals surface area (Å²) in [5.74, 6) is 0. The Hall–Kier alpha value is -1.99. The van der Waals surface area contributed by atoms with Crippen molar-refractivity contribution in [2.75, 3.05) is 0 Å². The van der Waals surface area contributed by atoms with E-state index in [2.05, 4.69) is 91.0 Å². The monoisotopic (exact) mass is 293 g/mol. The molecular formula is C20H21S+. The van der Waals surface area contributed by atoms with Gasteiger partial charge >= 0.3 is 0 Å². The highest BCUT2D eigenvalue weighted by atomic mass is 32.2. The van der Waals surface area contributed by atoms with Crippen LogP contribution in [0, 0.1) is 0 Å². The van der Waals surface area contributed by atoms with Crippen LogP contribution in [-0.2, 0) is 10.9 Å². The van der Waals surface area contributed by atoms with E-state index in [1.165, 1.54) is 14.7 Å². The van der Waals surface area contributed by atoms with Crippen LogP contribution in [0.1, 0.15) is 13.8 Å². The van der Waals surface area contributed by atoms with Crippen molar-refractivity contribution in [3.63, 3.8) is 0 Å². The molecule has 0 aliphatic heterocycles. The lowest BCUT2D eigenvalue weighted by atomic mass is 10.4. The third-order valence-electron chi connectivity index (χ3n) is 2.94. The molecule has 0 aliphatic carbocycles. The molecule has 0 saturated carbocycles. The topological polar surface area (TPSA) is 0 Å². The summed E-state index contributed by atoms with van der Waals surface area (Å²) in [6.45, 7) is 4.00. The van der Waals surface area contributed by atoms with Crippen molar-refractivity contribution in [2.45, 2.75) is 28.5 Å². The first-order valence-corrected chi connectivity index (χ1v) is 8.57. The third kappa shape index (κ3) is 3.99. The average molecular weight is 293 g/mol. The number of benzene rings is 3. The minimum Gasteiger partial charge on any atom is -0.0683 e. The molecule has 0 aromatic heterocycles. The van der Waals surface area contributed by atoms with E-state index in [9.17, 15) is 0 Å². The van der Waals surface area contributed by atoms with E-state index < -0.39 is 0 Å². The van der Waals surface area contributed by atoms with Gasteiger partial charge < -0.3 is 0 Å². The first-order chi connectivity index (χ1) is 10.4. The number of hydrogen-bond donors (Lipinski definition) is 0. The molecule has 0 aliphatic rings. The molecule has 21 heavy (non-hydrogen) atoms. The molecule has 1 heteroatoms. The Morgan fingerprint density at radius 2 is 0.667 bits per heavy atom. The van der Waals surface area contributed by atoms with Gasteiger partial charge in [0.2, 0.25) is 0 Å². The Kier molecular flexibility index (Phi) is 6.11. The highest BCUT2D eigenvalue weighted by Gasteiger charge is 2.27. The SMILES string of the molecule is CC.c1ccc([S+](c2ccccc2)c2ccccc2)cc1. The Balaban J connectivity index is 0.000000774. The summed E-state index contributed by atoms with van der Waals surface area (Å²) in [4.78, 5) is 4.08. The second-order valence-corrected chi connectivity index (χ2v) is 6.27. The van der Waals surface area contributed by atoms with E-state index in [1.807, 2.05) is 13.8 Å². The standard InChI is InChI=1S/C18H15S.C2H6/c1-4-10-16(11-5-1)19(17-12-6-2-7-13-17)18-14-8-3-9-15-18;1-2/h1-15H;1-2H3/q+1;. The molecule has 0 N–H and O–H groups in total. The van der Waals surface area contributed by atoms with Gasteiger partial charge in [-0.3, -0.25) is 0 Å². The first-order valence-electron chi connectivity index (χ1n) is 7.34. The average Bonchev–Trinajstić information content (AvgIpc) is 2.60. The molecule has 0 unspecified atom stereocenters. The summed E-state index contributed by atoms with van der Waals surface area (Å²) >= 11 is 0. The minimum absolute atomic E-state index is 0.0146. The summed E-state index contributed by atoms with van der Waals surface area (Å²) in [6, 6.07) is 32.2. The van der Waals surface area contributed by atoms with Gasteiger partial charge in [-0.05, 0) is 36.4 Å². The third-order valence-corrected chi connectivity index (χ3v) is 5.17. The van der Waals surface area contributed by atoms with Crippen molar-refractivity contribution < 1.29 is 0 Å². The van der Waals surface area contributed by atoms with Gasteiger partial charge in [-0.15, -0.1) is 0 Å². The molecule has 0 amide bonds. The van der Waals surface area contributed by atoms with Crippen LogP contribution in [0.2, 0.25) is 0 Å². The fourth-order valence-corrected chi connectivity index (χ4v) is 4.18. The molecule has 0 fully saturated rings. The quantitative estimate of drug-likeness (QED) is 0.535. The van der Waals surface area contributed by atoms with Crippen molar-refractivity contribution in [3.8, 4) is 0 Å². The summed E-state index contributed by atoms with van der Waals surface area (Å²) in [5.41, 5.74) is 0. The smallest absolute Gasteiger partial charge is 0.0683 e. The molecule has 0 radical (unpaired) electrons. The van der Waals surface area contributed by atoms with E-state index >= 15 is 0 Å². The number of hydrogen-bond acceptors (Lipinski definition) is 0. The van der Waals surface area contributed by atoms with E-state index in [-0.39, 0.29) is 10.9 Å². The first kappa shape index (κ1) is 15.4. The van der Waals surface area contributed by atoms with Gasteiger partial charge in [0.05, 0.1) is 10.9 Å². The normalized spacial score (nSPS) is 9.86. The van der Waals surface area contributed by atoms with Crippen molar-refractivity contribution in [1.29, 1.82) is 0 Å². The maximum atomic E-state index is 2.21. The molecule has 3 aromatic carbocycles. The Labute approximate surface area is 130 Å². The van der Waals surface area contributed by atoms with Gasteiger partial charge in [-0.25, -0.2) is 0 Å². The second-order valence-electron chi connectivity index (χ2n) is 4.25. The summed E-state index contributed by atoms with van der Waals surface area (Å²) in [5, 5.41) is 0. The summed E-state index contributed by atoms with van der Waals surface area (Å²) in [6.07, 6.45) is 0. The maximum absolute atomic E-state index is 2.21. The van der Waals surface area contributed by atoms with Crippen molar-refractivity contribution >= 4 is 10.9 Å². The molecule has 0 bridgehead atoms. The highest BCUT2D eigenvalue weighted by molar-refractivity contribution is 7.97. The molecule has 106 valence electrons. The van der Waals surface area contributed by atoms with Crippen LogP contribution in [0.3, 0.4) is 0 Å². The largest absolute Gasteiger partial charge is 0.166 e. The van der Waals surface area contributed by atoms with Gasteiger partial charge in [-0.1, -0.05) is 68.4 Å². The predicted molar refractivity (Wildman–Crippen MR) is 92.8 cm³/mol. The lowest BCUT2D eigenvalue weighted by molar-refractivity contribution is 1.32. The zero-order chi connectivity index (χ0) is 14.9. The van der Waals surface area contributed by atoms with Crippen molar-refractivity contribution in [3.05, 3.63) is 91.0 Å². The molecule has 0 heterocycles. The van der Waals surface area contributed by atoms with E-state index in [4.69, 9.17) is 0 Å². The fourth-order valence-electron chi connectivity index (χ4n) is 2.08. The zero-order valence-corrected chi connectivity index (χ0v) is 13.4. The predicted octanol–water partition coefficient (Wildman–Crippen LogP) is 5.81. The van der Waals surface area contributed by atoms with Gasteiger partial charge in [0.15, 0.2) is 14.7 Å². The second kappa shape index (κ2) is 8.33. The Morgan fingerprint density at radius 1 is 0.429 bits per heavy atom. The van der Waals surface area contributed by atoms with Crippen LogP contribution >= 0.6 is 0 Å². The number of rotatable bonds is 3. The van der Waals surface area contributed by atoms with Crippen molar-refractivity contribution in [1.82, 2.24) is 0 Å². The van der Waals surface area contributed by atoms with Crippen molar-refractivity contribution in [2.24, 2.45) is 0 Å². The molecule has 3 aromatic rings. The molecular weight excluding hydrogens is 272 g/mol. The lowest BCUT2D eigenvalue weighted by Crippen LogP contribution is -2.04. The highest BCUT2D eigenvalue weighted by Crippen LogP contribution is 2.30. The van der Waals surface area contributed by atoms with E-state index in [0.717, 1.165) is 0 Å². The van der Waals surface area contributed by atoms with Crippen LogP contribution in [-0.4, -0.2) is 0 Å². The lowest BCUT2D eigenvalue weighted by Gasteiger charge is -2.07. The minimum atomic E-state index is -0.0146. The Morgan fingerprint density at radius 3 is 0.905 bits per heavy atom. The van der Waals surface area contributed by atoms with Gasteiger partial charge in [0.25, 0.3) is 0 Å². The molecule has 0 nitrogen and oxygen atoms in total. The van der Waals surface area contributed by atoms with E-state index in [0.29, 0.717) is 0 Å². The van der Waals surface area contributed by atoms with Crippen LogP contribution < -0.4 is 0 Å². The fraction of sp³-hybridized carbons (Fsp3) is 0.100. The molecule has 0 spiro atoms. The summed E-state index contributed by atoms with van der Waals surface area (Å²) < 4.78 is 0. The maximum Gasteiger partial charge on any atom is 0.166 e. The summed E-state index contributed by atoms with van der Waals surface area (Å²) in [7, 11) is -0.0146. The zero-order valence-electron chi connectivity index (χ0n) is 12.6. The van der Waals surface area contributed by atoms with Gasteiger partial charge in [-0.2, -0.15) is 0 Å². The Bertz CT molecular complexity index is 524. The van der Waals surface area contributed by atoms with Gasteiger partial charge in [0, 0.05) is 0 Å². The van der Waals surface area contributed by atoms with Gasteiger partial charge in [0.1, 0.15) is 0 Å². The van der Waals surface area contributed by atoms with Crippen LogP contribution in [0.5, 0.6) is 0 Å². The van der Waals surface area contributed by atoms with Crippen LogP contribution in [0.15, 0.2) is 106 Å². The molecule has 0 atom stereocenters. The molecule has 0 saturated heterocycles. The van der Waals surface area contributed by atoms with Crippen LogP contribution in [0.4, 0.5) is 0 Å². The molecule has 3 rings (SSSR count). The van der Waals surface area contributed by atoms with E-state index in [1.54, 1.807) is 0 Å².